The van der Waals surface area contributed by atoms with E-state index in [-0.39, 0.29) is 41.4 Å². The van der Waals surface area contributed by atoms with E-state index >= 15 is 0 Å². The lowest BCUT2D eigenvalue weighted by molar-refractivity contribution is -0.140. The van der Waals surface area contributed by atoms with E-state index in [0.29, 0.717) is 35.0 Å². The molecule has 0 radical (unpaired) electrons. The number of amides is 1. The van der Waals surface area contributed by atoms with E-state index in [1.165, 1.54) is 12.1 Å². The van der Waals surface area contributed by atoms with Gasteiger partial charge in [-0.15, -0.1) is 0 Å². The zero-order chi connectivity index (χ0) is 21.8. The van der Waals surface area contributed by atoms with Gasteiger partial charge in [-0.2, -0.15) is 0 Å². The first-order chi connectivity index (χ1) is 14.9. The van der Waals surface area contributed by atoms with E-state index < -0.39 is 0 Å². The number of esters is 1. The number of halogens is 1. The molecule has 162 valence electrons. The smallest absolute Gasteiger partial charge is 0.334 e. The molecule has 3 heterocycles. The Morgan fingerprint density at radius 3 is 3.10 bits per heavy atom. The molecule has 1 aromatic carbocycles. The number of aromatic amines is 1. The molecule has 2 N–H and O–H groups in total. The third-order valence-corrected chi connectivity index (χ3v) is 6.80. The summed E-state index contributed by atoms with van der Waals surface area (Å²) in [6.07, 6.45) is 6.49. The van der Waals surface area contributed by atoms with Crippen LogP contribution in [0.15, 0.2) is 48.2 Å². The van der Waals surface area contributed by atoms with Crippen molar-refractivity contribution in [3.8, 4) is 0 Å². The first kappa shape index (κ1) is 20.0. The summed E-state index contributed by atoms with van der Waals surface area (Å²) >= 11 is 0. The van der Waals surface area contributed by atoms with Crippen molar-refractivity contribution >= 4 is 22.8 Å². The van der Waals surface area contributed by atoms with Crippen molar-refractivity contribution in [1.29, 1.82) is 0 Å². The fourth-order valence-corrected chi connectivity index (χ4v) is 4.85. The minimum Gasteiger partial charge on any atom is -0.455 e. The van der Waals surface area contributed by atoms with Gasteiger partial charge in [-0.05, 0) is 50.8 Å². The molecule has 1 amide bonds. The number of nitrogens with one attached hydrogen (secondary N) is 2. The average Bonchev–Trinajstić information content (AvgIpc) is 3.09. The molecule has 2 fully saturated rings. The van der Waals surface area contributed by atoms with E-state index in [2.05, 4.69) is 29.9 Å². The normalized spacial score (nSPS) is 31.9. The van der Waals surface area contributed by atoms with Crippen LogP contribution in [0, 0.1) is 11.7 Å². The van der Waals surface area contributed by atoms with Gasteiger partial charge in [0.15, 0.2) is 0 Å². The van der Waals surface area contributed by atoms with Crippen LogP contribution in [-0.2, 0) is 14.3 Å². The third-order valence-electron chi connectivity index (χ3n) is 6.80. The molecule has 0 saturated carbocycles. The number of rotatable bonds is 3. The molecule has 1 aliphatic carbocycles. The highest BCUT2D eigenvalue weighted by Gasteiger charge is 2.61. The van der Waals surface area contributed by atoms with Gasteiger partial charge in [-0.25, -0.2) is 9.18 Å². The van der Waals surface area contributed by atoms with Crippen molar-refractivity contribution in [3.05, 3.63) is 59.6 Å². The first-order valence-electron chi connectivity index (χ1n) is 10.7. The van der Waals surface area contributed by atoms with Gasteiger partial charge in [-0.1, -0.05) is 18.2 Å². The highest BCUT2D eigenvalue weighted by atomic mass is 19.1. The number of H-pyrrole nitrogens is 1. The molecular formula is C24H25FN2O4. The van der Waals surface area contributed by atoms with Crippen molar-refractivity contribution in [2.45, 2.75) is 50.4 Å². The number of ether oxygens (including phenoxy) is 2. The Hall–Kier alpha value is -2.93. The Kier molecular flexibility index (Phi) is 4.73. The predicted octanol–water partition coefficient (Wildman–Crippen LogP) is 3.79. The minimum atomic E-state index is -0.381. The Balaban J connectivity index is 1.30. The maximum Gasteiger partial charge on any atom is 0.334 e. The predicted molar refractivity (Wildman–Crippen MR) is 113 cm³/mol. The summed E-state index contributed by atoms with van der Waals surface area (Å²) in [6.45, 7) is 6.38. The summed E-state index contributed by atoms with van der Waals surface area (Å²) in [7, 11) is 0. The lowest BCUT2D eigenvalue weighted by Gasteiger charge is -2.20. The van der Waals surface area contributed by atoms with Gasteiger partial charge in [0.2, 0.25) is 0 Å². The van der Waals surface area contributed by atoms with E-state index in [9.17, 15) is 14.0 Å². The van der Waals surface area contributed by atoms with Crippen LogP contribution in [0.2, 0.25) is 0 Å². The molecule has 6 nitrogen and oxygen atoms in total. The van der Waals surface area contributed by atoms with Gasteiger partial charge in [0.05, 0.1) is 11.2 Å². The Bertz CT molecular complexity index is 1120. The lowest BCUT2D eigenvalue weighted by atomic mass is 9.84. The van der Waals surface area contributed by atoms with Crippen LogP contribution >= 0.6 is 0 Å². The van der Waals surface area contributed by atoms with Crippen molar-refractivity contribution in [1.82, 2.24) is 10.3 Å². The molecule has 0 spiro atoms. The van der Waals surface area contributed by atoms with Gasteiger partial charge < -0.3 is 19.8 Å². The maximum atomic E-state index is 13.6. The van der Waals surface area contributed by atoms with E-state index in [1.807, 2.05) is 0 Å². The third kappa shape index (κ3) is 3.57. The second kappa shape index (κ2) is 7.34. The van der Waals surface area contributed by atoms with Crippen LogP contribution in [0.4, 0.5) is 4.39 Å². The second-order valence-corrected chi connectivity index (χ2v) is 8.87. The monoisotopic (exact) mass is 424 g/mol. The standard InChI is InChI=1S/C24H25FN2O4/c1-13-16-7-5-14(4-3-9-24(2)21(31-24)20(16)30-23(13)29)11-27-22(28)18-12-26-19-8-6-15(25)10-17(18)19/h4,6,8,10,12,16,20-21,26H,1,3,5,7,9,11H2,2H3,(H,27,28)/b14-4+/t16-,20-,21-,24+/m0/s1. The van der Waals surface area contributed by atoms with E-state index in [0.717, 1.165) is 24.8 Å². The molecule has 0 bridgehead atoms. The zero-order valence-corrected chi connectivity index (χ0v) is 17.4. The van der Waals surface area contributed by atoms with Crippen LogP contribution in [0.3, 0.4) is 0 Å². The molecule has 2 saturated heterocycles. The highest BCUT2D eigenvalue weighted by molar-refractivity contribution is 6.06. The molecule has 2 aliphatic heterocycles. The highest BCUT2D eigenvalue weighted by Crippen LogP contribution is 2.49. The Labute approximate surface area is 179 Å². The van der Waals surface area contributed by atoms with Gasteiger partial charge in [0.25, 0.3) is 5.91 Å². The van der Waals surface area contributed by atoms with Crippen LogP contribution < -0.4 is 5.32 Å². The lowest BCUT2D eigenvalue weighted by Crippen LogP contribution is -2.30. The largest absolute Gasteiger partial charge is 0.455 e. The van der Waals surface area contributed by atoms with Gasteiger partial charge in [0.1, 0.15) is 18.0 Å². The van der Waals surface area contributed by atoms with Crippen LogP contribution in [0.1, 0.15) is 43.0 Å². The molecular weight excluding hydrogens is 399 g/mol. The van der Waals surface area contributed by atoms with E-state index in [4.69, 9.17) is 9.47 Å². The molecule has 4 atom stereocenters. The number of allylic oxidation sites excluding steroid dienone is 1. The summed E-state index contributed by atoms with van der Waals surface area (Å²) in [5, 5.41) is 3.52. The molecule has 5 rings (SSSR count). The number of hydrogen-bond donors (Lipinski definition) is 2. The number of aromatic nitrogens is 1. The summed E-state index contributed by atoms with van der Waals surface area (Å²) in [5.41, 5.74) is 2.44. The van der Waals surface area contributed by atoms with Crippen molar-refractivity contribution in [3.63, 3.8) is 0 Å². The van der Waals surface area contributed by atoms with Crippen molar-refractivity contribution in [2.24, 2.45) is 5.92 Å². The van der Waals surface area contributed by atoms with Gasteiger partial charge in [-0.3, -0.25) is 4.79 Å². The van der Waals surface area contributed by atoms with Gasteiger partial charge in [0, 0.05) is 35.1 Å². The fraction of sp³-hybridized carbons (Fsp3) is 0.417. The molecule has 7 heteroatoms. The summed E-state index contributed by atoms with van der Waals surface area (Å²) in [6, 6.07) is 4.34. The molecule has 0 unspecified atom stereocenters. The second-order valence-electron chi connectivity index (χ2n) is 8.87. The zero-order valence-electron chi connectivity index (χ0n) is 17.4. The van der Waals surface area contributed by atoms with Crippen LogP contribution in [0.5, 0.6) is 0 Å². The molecule has 2 aromatic rings. The van der Waals surface area contributed by atoms with Crippen LogP contribution in [0.25, 0.3) is 10.9 Å². The number of carbonyl (C=O) groups is 2. The van der Waals surface area contributed by atoms with Crippen molar-refractivity contribution in [2.75, 3.05) is 6.54 Å². The number of carbonyl (C=O) groups excluding carboxylic acids is 2. The molecule has 31 heavy (non-hydrogen) atoms. The SMILES string of the molecule is C=C1C(=O)O[C@H]2[C@H]1CC/C(CNC(=O)c1c[nH]c3ccc(F)cc13)=C\CC[C@@]1(C)O[C@@H]21. The average molecular weight is 424 g/mol. The Morgan fingerprint density at radius 2 is 2.26 bits per heavy atom. The Morgan fingerprint density at radius 1 is 1.42 bits per heavy atom. The number of benzene rings is 1. The number of fused-ring (bicyclic) bond motifs is 4. The molecule has 1 aromatic heterocycles. The fourth-order valence-electron chi connectivity index (χ4n) is 4.85. The topological polar surface area (TPSA) is 83.7 Å². The quantitative estimate of drug-likeness (QED) is 0.340. The van der Waals surface area contributed by atoms with E-state index in [1.54, 1.807) is 12.3 Å². The molecule has 3 aliphatic rings. The maximum absolute atomic E-state index is 13.6. The van der Waals surface area contributed by atoms with Crippen LogP contribution in [-0.4, -0.2) is 41.2 Å². The summed E-state index contributed by atoms with van der Waals surface area (Å²) in [4.78, 5) is 27.8. The van der Waals surface area contributed by atoms with Crippen molar-refractivity contribution < 1.29 is 23.5 Å². The van der Waals surface area contributed by atoms with Gasteiger partial charge >= 0.3 is 5.97 Å². The number of hydrogen-bond acceptors (Lipinski definition) is 4. The minimum absolute atomic E-state index is 0.0716. The number of epoxide rings is 1. The summed E-state index contributed by atoms with van der Waals surface area (Å²) in [5.74, 6) is -1.05. The first-order valence-corrected chi connectivity index (χ1v) is 10.7. The summed E-state index contributed by atoms with van der Waals surface area (Å²) < 4.78 is 25.1.